The molecule has 0 saturated carbocycles. The van der Waals surface area contributed by atoms with E-state index < -0.39 is 0 Å². The van der Waals surface area contributed by atoms with Crippen LogP contribution in [0, 0.1) is 0 Å². The molecule has 19 heavy (non-hydrogen) atoms. The van der Waals surface area contributed by atoms with Crippen molar-refractivity contribution in [3.05, 3.63) is 0 Å². The summed E-state index contributed by atoms with van der Waals surface area (Å²) in [5, 5.41) is 14.0. The van der Waals surface area contributed by atoms with Gasteiger partial charge in [-0.3, -0.25) is 9.59 Å². The van der Waals surface area contributed by atoms with Gasteiger partial charge in [0.1, 0.15) is 0 Å². The van der Waals surface area contributed by atoms with Crippen LogP contribution >= 0.6 is 0 Å². The quantitative estimate of drug-likeness (QED) is 0.282. The normalized spacial score (nSPS) is 10.2. The number of amides is 2. The Balaban J connectivity index is 3.34. The fourth-order valence-electron chi connectivity index (χ4n) is 1.43. The lowest BCUT2D eigenvalue weighted by Crippen LogP contribution is -2.27. The summed E-state index contributed by atoms with van der Waals surface area (Å²) in [5.74, 6) is 4.74. The van der Waals surface area contributed by atoms with E-state index >= 15 is 0 Å². The van der Waals surface area contributed by atoms with E-state index in [0.29, 0.717) is 45.4 Å². The number of carbonyl (C=O) groups excluding carboxylic acids is 2. The largest absolute Gasteiger partial charge is 0.396 e. The molecule has 0 aromatic heterocycles. The summed E-state index contributed by atoms with van der Waals surface area (Å²) in [4.78, 5) is 27.1. The number of rotatable bonds is 12. The molecule has 0 aromatic rings. The maximum atomic E-state index is 11.4. The number of hydrogen-bond donors (Lipinski definition) is 4. The predicted molar refractivity (Wildman–Crippen MR) is 70.9 cm³/mol. The summed E-state index contributed by atoms with van der Waals surface area (Å²) < 4.78 is 0. The first-order valence-corrected chi connectivity index (χ1v) is 6.66. The van der Waals surface area contributed by atoms with Crippen LogP contribution in [-0.2, 0) is 14.4 Å². The van der Waals surface area contributed by atoms with Gasteiger partial charge in [0, 0.05) is 32.5 Å². The summed E-state index contributed by atoms with van der Waals surface area (Å²) in [5.41, 5.74) is 0. The van der Waals surface area contributed by atoms with Crippen molar-refractivity contribution in [1.82, 2.24) is 10.6 Å². The summed E-state index contributed by atoms with van der Waals surface area (Å²) in [6, 6.07) is 0. The van der Waals surface area contributed by atoms with E-state index in [-0.39, 0.29) is 18.4 Å². The molecule has 0 fully saturated rings. The molecule has 7 heteroatoms. The summed E-state index contributed by atoms with van der Waals surface area (Å²) in [6.07, 6.45) is 3.40. The van der Waals surface area contributed by atoms with Crippen molar-refractivity contribution >= 4 is 11.8 Å². The van der Waals surface area contributed by atoms with Crippen molar-refractivity contribution in [2.24, 2.45) is 5.90 Å². The molecule has 0 aliphatic heterocycles. The minimum atomic E-state index is -0.0821. The second kappa shape index (κ2) is 13.3. The molecule has 7 nitrogen and oxygen atoms in total. The fourth-order valence-corrected chi connectivity index (χ4v) is 1.43. The first-order valence-electron chi connectivity index (χ1n) is 6.66. The Bertz CT molecular complexity index is 249. The van der Waals surface area contributed by atoms with Crippen molar-refractivity contribution in [1.29, 1.82) is 0 Å². The first-order chi connectivity index (χ1) is 9.20. The van der Waals surface area contributed by atoms with Crippen LogP contribution < -0.4 is 16.5 Å². The lowest BCUT2D eigenvalue weighted by atomic mass is 10.2. The molecular formula is C12H25N3O4. The van der Waals surface area contributed by atoms with Crippen LogP contribution in [-0.4, -0.2) is 43.2 Å². The molecule has 0 rings (SSSR count). The zero-order valence-electron chi connectivity index (χ0n) is 11.3. The molecule has 0 saturated heterocycles. The van der Waals surface area contributed by atoms with Gasteiger partial charge in [0.05, 0.1) is 6.61 Å². The van der Waals surface area contributed by atoms with Crippen LogP contribution in [0.3, 0.4) is 0 Å². The van der Waals surface area contributed by atoms with Crippen molar-refractivity contribution in [3.8, 4) is 0 Å². The lowest BCUT2D eigenvalue weighted by Gasteiger charge is -2.05. The molecule has 0 spiro atoms. The van der Waals surface area contributed by atoms with Gasteiger partial charge in [-0.15, -0.1) is 0 Å². The van der Waals surface area contributed by atoms with Crippen molar-refractivity contribution in [2.45, 2.75) is 38.5 Å². The molecular weight excluding hydrogens is 250 g/mol. The van der Waals surface area contributed by atoms with Crippen LogP contribution in [0.25, 0.3) is 0 Å². The minimum absolute atomic E-state index is 0.0446. The Morgan fingerprint density at radius 1 is 0.947 bits per heavy atom. The molecule has 2 amide bonds. The molecule has 5 N–H and O–H groups in total. The number of nitrogens with one attached hydrogen (secondary N) is 2. The van der Waals surface area contributed by atoms with Gasteiger partial charge in [-0.1, -0.05) is 0 Å². The van der Waals surface area contributed by atoms with E-state index in [2.05, 4.69) is 15.5 Å². The highest BCUT2D eigenvalue weighted by atomic mass is 16.6. The number of carbonyl (C=O) groups is 2. The Morgan fingerprint density at radius 2 is 1.53 bits per heavy atom. The molecule has 0 aromatic carbocycles. The Kier molecular flexibility index (Phi) is 12.4. The Hall–Kier alpha value is -1.18. The van der Waals surface area contributed by atoms with Gasteiger partial charge in [-0.2, -0.15) is 0 Å². The summed E-state index contributed by atoms with van der Waals surface area (Å²) in [7, 11) is 0. The zero-order chi connectivity index (χ0) is 14.3. The lowest BCUT2D eigenvalue weighted by molar-refractivity contribution is -0.122. The van der Waals surface area contributed by atoms with Gasteiger partial charge in [-0.05, 0) is 25.7 Å². The van der Waals surface area contributed by atoms with Gasteiger partial charge in [0.2, 0.25) is 11.8 Å². The average molecular weight is 275 g/mol. The predicted octanol–water partition coefficient (Wildman–Crippen LogP) is -0.558. The molecule has 0 unspecified atom stereocenters. The highest BCUT2D eigenvalue weighted by molar-refractivity contribution is 5.78. The SMILES string of the molecule is NOCCCCNC(=O)CCCC(=O)NCCCO. The van der Waals surface area contributed by atoms with Gasteiger partial charge < -0.3 is 20.6 Å². The molecule has 0 bridgehead atoms. The van der Waals surface area contributed by atoms with E-state index in [0.717, 1.165) is 12.8 Å². The Morgan fingerprint density at radius 3 is 2.05 bits per heavy atom. The van der Waals surface area contributed by atoms with Gasteiger partial charge >= 0.3 is 0 Å². The maximum Gasteiger partial charge on any atom is 0.220 e. The molecule has 0 aliphatic rings. The van der Waals surface area contributed by atoms with Crippen LogP contribution in [0.5, 0.6) is 0 Å². The molecule has 112 valence electrons. The highest BCUT2D eigenvalue weighted by Crippen LogP contribution is 1.96. The number of hydrogen-bond acceptors (Lipinski definition) is 5. The van der Waals surface area contributed by atoms with Gasteiger partial charge in [0.25, 0.3) is 0 Å². The maximum absolute atomic E-state index is 11.4. The third kappa shape index (κ3) is 13.1. The highest BCUT2D eigenvalue weighted by Gasteiger charge is 2.04. The second-order valence-corrected chi connectivity index (χ2v) is 4.21. The monoisotopic (exact) mass is 275 g/mol. The topological polar surface area (TPSA) is 114 Å². The van der Waals surface area contributed by atoms with Crippen molar-refractivity contribution in [3.63, 3.8) is 0 Å². The number of nitrogens with two attached hydrogens (primary N) is 1. The van der Waals surface area contributed by atoms with E-state index in [1.54, 1.807) is 0 Å². The van der Waals surface area contributed by atoms with E-state index in [1.807, 2.05) is 0 Å². The summed E-state index contributed by atoms with van der Waals surface area (Å²) in [6.45, 7) is 1.64. The number of aliphatic hydroxyl groups is 1. The third-order valence-electron chi connectivity index (χ3n) is 2.48. The van der Waals surface area contributed by atoms with Gasteiger partial charge in [-0.25, -0.2) is 5.90 Å². The van der Waals surface area contributed by atoms with E-state index in [4.69, 9.17) is 11.0 Å². The standard InChI is InChI=1S/C12H25N3O4/c13-19-10-2-1-7-14-11(17)5-3-6-12(18)15-8-4-9-16/h16H,1-10,13H2,(H,14,17)(H,15,18). The minimum Gasteiger partial charge on any atom is -0.396 e. The van der Waals surface area contributed by atoms with Crippen molar-refractivity contribution < 1.29 is 19.5 Å². The summed E-state index contributed by atoms with van der Waals surface area (Å²) >= 11 is 0. The fraction of sp³-hybridized carbons (Fsp3) is 0.833. The smallest absolute Gasteiger partial charge is 0.220 e. The molecule has 0 aliphatic carbocycles. The van der Waals surface area contributed by atoms with Gasteiger partial charge in [0.15, 0.2) is 0 Å². The Labute approximate surface area is 113 Å². The third-order valence-corrected chi connectivity index (χ3v) is 2.48. The molecule has 0 radical (unpaired) electrons. The van der Waals surface area contributed by atoms with E-state index in [9.17, 15) is 9.59 Å². The van der Waals surface area contributed by atoms with E-state index in [1.165, 1.54) is 0 Å². The molecule has 0 heterocycles. The molecule has 0 atom stereocenters. The van der Waals surface area contributed by atoms with Crippen LogP contribution in [0.2, 0.25) is 0 Å². The van der Waals surface area contributed by atoms with Crippen molar-refractivity contribution in [2.75, 3.05) is 26.3 Å². The number of aliphatic hydroxyl groups excluding tert-OH is 1. The number of unbranched alkanes of at least 4 members (excludes halogenated alkanes) is 1. The zero-order valence-corrected chi connectivity index (χ0v) is 11.3. The first kappa shape index (κ1) is 17.8. The van der Waals surface area contributed by atoms with Crippen LogP contribution in [0.15, 0.2) is 0 Å². The van der Waals surface area contributed by atoms with Crippen LogP contribution in [0.4, 0.5) is 0 Å². The average Bonchev–Trinajstić information content (AvgIpc) is 2.39. The van der Waals surface area contributed by atoms with Crippen LogP contribution in [0.1, 0.15) is 38.5 Å². The second-order valence-electron chi connectivity index (χ2n) is 4.21.